The van der Waals surface area contributed by atoms with Crippen LogP contribution in [0.5, 0.6) is 5.75 Å². The van der Waals surface area contributed by atoms with Gasteiger partial charge < -0.3 is 30.5 Å². The van der Waals surface area contributed by atoms with E-state index in [1.54, 1.807) is 12.1 Å². The van der Waals surface area contributed by atoms with Crippen molar-refractivity contribution in [1.82, 2.24) is 20.3 Å². The topological polar surface area (TPSA) is 134 Å². The standard InChI is InChI=1S/C26H18N4O4/c31-23-19-12-17-9-7-15(28-17)10-14-6-8-16(27-14)11-18-20(13-4-2-1-3-5-13)24(32)21(29-18)25(33)22(30-19)26(23)34/h1-12,27-30,32-33H. The quantitative estimate of drug-likeness (QED) is 0.247. The summed E-state index contributed by atoms with van der Waals surface area (Å²) in [4.78, 5) is 34.8. The molecule has 0 spiro atoms. The lowest BCUT2D eigenvalue weighted by molar-refractivity contribution is -0.130. The van der Waals surface area contributed by atoms with Gasteiger partial charge in [0.15, 0.2) is 11.5 Å². The van der Waals surface area contributed by atoms with Crippen molar-refractivity contribution in [1.29, 1.82) is 0 Å². The molecule has 0 unspecified atom stereocenters. The maximum absolute atomic E-state index is 12.7. The Labute approximate surface area is 192 Å². The fourth-order valence-electron chi connectivity index (χ4n) is 4.24. The summed E-state index contributed by atoms with van der Waals surface area (Å²) in [5.41, 5.74) is 2.74. The van der Waals surface area contributed by atoms with E-state index in [9.17, 15) is 19.8 Å². The minimum absolute atomic E-state index is 0.0234. The lowest BCUT2D eigenvalue weighted by Gasteiger charge is -2.04. The fourth-order valence-corrected chi connectivity index (χ4v) is 4.24. The van der Waals surface area contributed by atoms with Gasteiger partial charge in [-0.15, -0.1) is 0 Å². The lowest BCUT2D eigenvalue weighted by atomic mass is 10.0. The van der Waals surface area contributed by atoms with E-state index in [0.29, 0.717) is 22.5 Å². The van der Waals surface area contributed by atoms with E-state index < -0.39 is 17.3 Å². The third-order valence-electron chi connectivity index (χ3n) is 5.85. The van der Waals surface area contributed by atoms with E-state index in [2.05, 4.69) is 20.3 Å². The Hall–Kier alpha value is -4.98. The highest BCUT2D eigenvalue weighted by Gasteiger charge is 2.36. The van der Waals surface area contributed by atoms with E-state index in [1.165, 1.54) is 6.08 Å². The first kappa shape index (κ1) is 19.7. The molecule has 6 rings (SSSR count). The zero-order valence-electron chi connectivity index (χ0n) is 17.6. The zero-order chi connectivity index (χ0) is 23.4. The number of hydrogen-bond donors (Lipinski definition) is 6. The van der Waals surface area contributed by atoms with Crippen LogP contribution in [-0.4, -0.2) is 36.7 Å². The molecular weight excluding hydrogens is 432 g/mol. The van der Waals surface area contributed by atoms with Gasteiger partial charge in [-0.05, 0) is 48.1 Å². The third kappa shape index (κ3) is 3.08. The monoisotopic (exact) mass is 450 g/mol. The number of aliphatic hydroxyl groups is 1. The number of aromatic nitrogens is 3. The zero-order valence-corrected chi connectivity index (χ0v) is 17.6. The molecule has 1 fully saturated rings. The SMILES string of the molecule is O=C1C(=O)C2=C(O)c3[nH]c(c(-c4ccccc4)c3O)C=c3ccc([nH]3)=Cc3ccc([nH]3)C=C1N2. The summed E-state index contributed by atoms with van der Waals surface area (Å²) in [6, 6.07) is 16.6. The summed E-state index contributed by atoms with van der Waals surface area (Å²) in [5, 5.41) is 26.4. The predicted molar refractivity (Wildman–Crippen MR) is 127 cm³/mol. The Bertz CT molecular complexity index is 1680. The van der Waals surface area contributed by atoms with Gasteiger partial charge in [-0.2, -0.15) is 0 Å². The van der Waals surface area contributed by atoms with E-state index in [4.69, 9.17) is 0 Å². The number of hydrogen-bond acceptors (Lipinski definition) is 5. The summed E-state index contributed by atoms with van der Waals surface area (Å²) in [7, 11) is 0. The van der Waals surface area contributed by atoms with E-state index in [0.717, 1.165) is 16.4 Å². The van der Waals surface area contributed by atoms with Gasteiger partial charge in [0, 0.05) is 27.6 Å². The second-order valence-corrected chi connectivity index (χ2v) is 8.09. The number of carbonyl (C=O) groups is 2. The molecule has 8 heteroatoms. The summed E-state index contributed by atoms with van der Waals surface area (Å²) in [6.07, 6.45) is 5.22. The van der Waals surface area contributed by atoms with Crippen LogP contribution in [0.15, 0.2) is 66.0 Å². The molecule has 0 atom stereocenters. The largest absolute Gasteiger partial charge is 0.505 e. The number of Topliss-reactive ketones (excluding diaryl/α,β-unsaturated/α-hetero) is 2. The van der Waals surface area contributed by atoms with Crippen LogP contribution in [0.3, 0.4) is 0 Å². The fraction of sp³-hybridized carbons (Fsp3) is 0. The molecule has 0 radical (unpaired) electrons. The van der Waals surface area contributed by atoms with Crippen molar-refractivity contribution in [3.63, 3.8) is 0 Å². The number of fused-ring (bicyclic) bond motifs is 8. The van der Waals surface area contributed by atoms with Gasteiger partial charge >= 0.3 is 0 Å². The highest BCUT2D eigenvalue weighted by molar-refractivity contribution is 6.53. The highest BCUT2D eigenvalue weighted by Crippen LogP contribution is 2.39. The van der Waals surface area contributed by atoms with Crippen LogP contribution in [0.2, 0.25) is 0 Å². The molecule has 8 bridgehead atoms. The van der Waals surface area contributed by atoms with Crippen LogP contribution < -0.4 is 16.0 Å². The third-order valence-corrected chi connectivity index (χ3v) is 5.85. The van der Waals surface area contributed by atoms with Crippen LogP contribution in [0, 0.1) is 0 Å². The number of ketones is 2. The van der Waals surface area contributed by atoms with Crippen molar-refractivity contribution < 1.29 is 19.8 Å². The van der Waals surface area contributed by atoms with Crippen LogP contribution in [-0.2, 0) is 9.59 Å². The Kier molecular flexibility index (Phi) is 4.21. The first-order valence-electron chi connectivity index (χ1n) is 10.6. The molecule has 34 heavy (non-hydrogen) atoms. The molecule has 2 aliphatic heterocycles. The molecule has 5 heterocycles. The molecule has 3 aromatic heterocycles. The van der Waals surface area contributed by atoms with Gasteiger partial charge in [-0.3, -0.25) is 9.59 Å². The number of rotatable bonds is 1. The molecule has 0 aliphatic carbocycles. The van der Waals surface area contributed by atoms with Crippen molar-refractivity contribution in [2.45, 2.75) is 0 Å². The maximum Gasteiger partial charge on any atom is 0.255 e. The van der Waals surface area contributed by atoms with E-state index in [-0.39, 0.29) is 22.8 Å². The minimum Gasteiger partial charge on any atom is -0.505 e. The summed E-state index contributed by atoms with van der Waals surface area (Å²) in [6.45, 7) is 0. The molecule has 166 valence electrons. The molecular formula is C26H18N4O4. The average Bonchev–Trinajstić information content (AvgIpc) is 3.59. The van der Waals surface area contributed by atoms with Crippen molar-refractivity contribution >= 4 is 35.6 Å². The summed E-state index contributed by atoms with van der Waals surface area (Å²) in [5.74, 6) is -2.45. The van der Waals surface area contributed by atoms with Gasteiger partial charge in [-0.25, -0.2) is 0 Å². The van der Waals surface area contributed by atoms with E-state index in [1.807, 2.05) is 54.6 Å². The van der Waals surface area contributed by atoms with Crippen molar-refractivity contribution in [3.05, 3.63) is 99.5 Å². The molecule has 4 aromatic rings. The van der Waals surface area contributed by atoms with Gasteiger partial charge in [-0.1, -0.05) is 30.3 Å². The molecule has 0 amide bonds. The van der Waals surface area contributed by atoms with Gasteiger partial charge in [0.2, 0.25) is 0 Å². The smallest absolute Gasteiger partial charge is 0.255 e. The number of H-pyrrole nitrogens is 3. The van der Waals surface area contributed by atoms with Crippen LogP contribution in [0.25, 0.3) is 35.1 Å². The van der Waals surface area contributed by atoms with Gasteiger partial charge in [0.1, 0.15) is 11.4 Å². The maximum atomic E-state index is 12.7. The van der Waals surface area contributed by atoms with Crippen molar-refractivity contribution in [2.75, 3.05) is 0 Å². The normalized spacial score (nSPS) is 15.0. The number of allylic oxidation sites excluding steroid dienone is 2. The number of benzene rings is 1. The van der Waals surface area contributed by atoms with Crippen molar-refractivity contribution in [3.8, 4) is 16.9 Å². The Morgan fingerprint density at radius 2 is 1.38 bits per heavy atom. The Morgan fingerprint density at radius 1 is 0.676 bits per heavy atom. The molecule has 6 N–H and O–H groups in total. The Morgan fingerprint density at radius 3 is 2.15 bits per heavy atom. The molecule has 0 saturated carbocycles. The predicted octanol–water partition coefficient (Wildman–Crippen LogP) is 2.02. The molecule has 2 aliphatic rings. The van der Waals surface area contributed by atoms with Crippen molar-refractivity contribution in [2.24, 2.45) is 0 Å². The summed E-state index contributed by atoms with van der Waals surface area (Å²) < 4.78 is 0. The second kappa shape index (κ2) is 7.28. The Balaban J connectivity index is 1.67. The van der Waals surface area contributed by atoms with Crippen LogP contribution >= 0.6 is 0 Å². The highest BCUT2D eigenvalue weighted by atomic mass is 16.3. The number of carbonyl (C=O) groups excluding carboxylic acids is 2. The van der Waals surface area contributed by atoms with E-state index >= 15 is 0 Å². The molecule has 1 aromatic carbocycles. The number of aliphatic hydroxyl groups excluding tert-OH is 1. The van der Waals surface area contributed by atoms with Crippen LogP contribution in [0.4, 0.5) is 0 Å². The molecule has 8 nitrogen and oxygen atoms in total. The average molecular weight is 450 g/mol. The second-order valence-electron chi connectivity index (χ2n) is 8.09. The first-order valence-corrected chi connectivity index (χ1v) is 10.6. The lowest BCUT2D eigenvalue weighted by Crippen LogP contribution is -2.10. The van der Waals surface area contributed by atoms with Gasteiger partial charge in [0.05, 0.1) is 11.4 Å². The minimum atomic E-state index is -0.888. The number of aromatic amines is 3. The van der Waals surface area contributed by atoms with Crippen LogP contribution in [0.1, 0.15) is 22.8 Å². The summed E-state index contributed by atoms with van der Waals surface area (Å²) >= 11 is 0. The van der Waals surface area contributed by atoms with Gasteiger partial charge in [0.25, 0.3) is 11.6 Å². The first-order chi connectivity index (χ1) is 16.5. The number of nitrogens with one attached hydrogen (secondary N) is 4. The number of aromatic hydroxyl groups is 1. The molecule has 1 saturated heterocycles.